The smallest absolute Gasteiger partial charge is 0.266 e. The molecule has 0 radical (unpaired) electrons. The molecule has 0 aliphatic carbocycles. The average Bonchev–Trinajstić information content (AvgIpc) is 2.59. The van der Waals surface area contributed by atoms with Crippen LogP contribution in [0.1, 0.15) is 71.1 Å². The molecule has 0 amide bonds. The maximum atomic E-state index is 11.9. The van der Waals surface area contributed by atoms with E-state index in [-0.39, 0.29) is 18.8 Å². The van der Waals surface area contributed by atoms with Gasteiger partial charge in [-0.2, -0.15) is 8.42 Å². The molecule has 0 spiro atoms. The molecule has 0 aliphatic heterocycles. The van der Waals surface area contributed by atoms with Crippen molar-refractivity contribution in [3.8, 4) is 0 Å². The maximum Gasteiger partial charge on any atom is 0.296 e. The Morgan fingerprint density at radius 3 is 1.59 bits per heavy atom. The van der Waals surface area contributed by atoms with Gasteiger partial charge in [0.2, 0.25) is 0 Å². The molecule has 1 rings (SSSR count). The summed E-state index contributed by atoms with van der Waals surface area (Å²) in [4.78, 5) is 0.238. The highest BCUT2D eigenvalue weighted by atomic mass is 32.2. The van der Waals surface area contributed by atoms with Gasteiger partial charge in [-0.1, -0.05) is 82.9 Å². The predicted molar refractivity (Wildman–Crippen MR) is 122 cm³/mol. The van der Waals surface area contributed by atoms with Gasteiger partial charge in [-0.05, 0) is 18.6 Å². The quantitative estimate of drug-likeness (QED) is 0.200. The van der Waals surface area contributed by atoms with Crippen molar-refractivity contribution in [3.63, 3.8) is 0 Å². The summed E-state index contributed by atoms with van der Waals surface area (Å²) in [5, 5.41) is 0. The normalized spacial score (nSPS) is 11.7. The Bertz CT molecular complexity index is 545. The molecule has 0 aliphatic rings. The van der Waals surface area contributed by atoms with Gasteiger partial charge in [0.15, 0.2) is 0 Å². The van der Waals surface area contributed by atoms with Crippen LogP contribution < -0.4 is 0 Å². The third kappa shape index (κ3) is 18.7. The van der Waals surface area contributed by atoms with Gasteiger partial charge in [0, 0.05) is 33.9 Å². The lowest BCUT2D eigenvalue weighted by Gasteiger charge is -2.05. The van der Waals surface area contributed by atoms with Crippen molar-refractivity contribution < 1.29 is 12.6 Å². The number of benzene rings is 1. The topological polar surface area (TPSA) is 43.4 Å². The Morgan fingerprint density at radius 1 is 0.741 bits per heavy atom. The highest BCUT2D eigenvalue weighted by Gasteiger charge is 2.13. The lowest BCUT2D eigenvalue weighted by Crippen LogP contribution is -2.07. The van der Waals surface area contributed by atoms with Gasteiger partial charge in [-0.3, -0.25) is 4.18 Å². The Kier molecular flexibility index (Phi) is 15.2. The summed E-state index contributed by atoms with van der Waals surface area (Å²) >= 11 is 0. The van der Waals surface area contributed by atoms with Crippen LogP contribution in [0.5, 0.6) is 0 Å². The molecule has 0 aromatic heterocycles. The van der Waals surface area contributed by atoms with Crippen molar-refractivity contribution >= 4 is 17.4 Å². The van der Waals surface area contributed by atoms with E-state index in [9.17, 15) is 8.42 Å². The van der Waals surface area contributed by atoms with Crippen molar-refractivity contribution in [2.45, 2.75) is 76.0 Å². The van der Waals surface area contributed by atoms with Gasteiger partial charge >= 0.3 is 0 Å². The number of hydrogen-bond donors (Lipinski definition) is 0. The van der Waals surface area contributed by atoms with E-state index in [4.69, 9.17) is 4.18 Å². The summed E-state index contributed by atoms with van der Waals surface area (Å²) < 4.78 is 28.8. The molecule has 1 aromatic rings. The zero-order valence-electron chi connectivity index (χ0n) is 18.2. The number of rotatable bonds is 13. The third-order valence-electron chi connectivity index (χ3n) is 3.77. The number of unbranched alkanes of at least 4 members (excludes halogenated alkanes) is 9. The van der Waals surface area contributed by atoms with E-state index >= 15 is 0 Å². The monoisotopic (exact) mass is 417 g/mol. The zero-order valence-corrected chi connectivity index (χ0v) is 20.0. The first-order valence-electron chi connectivity index (χ1n) is 10.4. The van der Waals surface area contributed by atoms with Gasteiger partial charge in [0.1, 0.15) is 0 Å². The van der Waals surface area contributed by atoms with Crippen LogP contribution in [-0.2, 0) is 14.3 Å². The average molecular weight is 418 g/mol. The van der Waals surface area contributed by atoms with E-state index in [2.05, 4.69) is 33.6 Å². The minimum atomic E-state index is -3.57. The molecular weight excluding hydrogens is 375 g/mol. The first-order valence-corrected chi connectivity index (χ1v) is 15.4. The second-order valence-electron chi connectivity index (χ2n) is 8.45. The third-order valence-corrected chi connectivity index (χ3v) is 5.09. The van der Waals surface area contributed by atoms with Crippen molar-refractivity contribution in [2.75, 3.05) is 33.3 Å². The van der Waals surface area contributed by atoms with Crippen LogP contribution in [0.15, 0.2) is 35.2 Å². The van der Waals surface area contributed by atoms with Crippen LogP contribution in [0.25, 0.3) is 0 Å². The summed E-state index contributed by atoms with van der Waals surface area (Å²) in [6.07, 6.45) is 12.3. The fraction of sp³-hybridized carbons (Fsp3) is 0.727. The second kappa shape index (κ2) is 15.5. The van der Waals surface area contributed by atoms with Crippen LogP contribution in [0.2, 0.25) is 0 Å². The Hall–Kier alpha value is -0.440. The molecule has 3 nitrogen and oxygen atoms in total. The van der Waals surface area contributed by atoms with E-state index in [0.717, 1.165) is 12.8 Å². The summed E-state index contributed by atoms with van der Waals surface area (Å²) in [6, 6.07) is 8.33. The minimum absolute atomic E-state index is 0.238. The van der Waals surface area contributed by atoms with Crippen molar-refractivity contribution in [1.82, 2.24) is 0 Å². The molecular formula is C22H42O3PS+. The van der Waals surface area contributed by atoms with E-state index in [1.807, 2.05) is 0 Å². The summed E-state index contributed by atoms with van der Waals surface area (Å²) in [7, 11) is -3.96. The first kappa shape index (κ1) is 26.6. The molecule has 0 unspecified atom stereocenters. The van der Waals surface area contributed by atoms with Gasteiger partial charge < -0.3 is 0 Å². The fourth-order valence-electron chi connectivity index (χ4n) is 2.41. The van der Waals surface area contributed by atoms with Crippen LogP contribution in [0.4, 0.5) is 0 Å². The molecule has 0 saturated heterocycles. The highest BCUT2D eigenvalue weighted by molar-refractivity contribution is 7.86. The molecule has 27 heavy (non-hydrogen) atoms. The minimum Gasteiger partial charge on any atom is -0.266 e. The highest BCUT2D eigenvalue weighted by Crippen LogP contribution is 2.40. The van der Waals surface area contributed by atoms with E-state index in [0.29, 0.717) is 0 Å². The fourth-order valence-corrected chi connectivity index (χ4v) is 3.38. The molecule has 0 saturated carbocycles. The summed E-state index contributed by atoms with van der Waals surface area (Å²) in [5.41, 5.74) is 0. The molecule has 0 atom stereocenters. The van der Waals surface area contributed by atoms with Crippen LogP contribution in [-0.4, -0.2) is 41.7 Å². The van der Waals surface area contributed by atoms with E-state index in [1.165, 1.54) is 51.4 Å². The van der Waals surface area contributed by atoms with Crippen LogP contribution in [0, 0.1) is 0 Å². The summed E-state index contributed by atoms with van der Waals surface area (Å²) in [5.74, 6) is 0. The van der Waals surface area contributed by atoms with Gasteiger partial charge in [0.25, 0.3) is 10.1 Å². The second-order valence-corrected chi connectivity index (χ2v) is 15.4. The number of hydrogen-bond acceptors (Lipinski definition) is 3. The standard InChI is InChI=1S/C18H30O3S.C4H12P/c1-2-3-4-5-6-7-8-9-10-14-17-21-22(19,20)18-15-12-11-13-16-18;1-5(2,3)4/h11-13,15-16H,2-10,14,17H2,1H3;1-4H3/q;+1. The Balaban J connectivity index is 0.00000119. The van der Waals surface area contributed by atoms with Gasteiger partial charge in [0.05, 0.1) is 11.5 Å². The van der Waals surface area contributed by atoms with Crippen LogP contribution >= 0.6 is 7.26 Å². The molecule has 0 N–H and O–H groups in total. The molecule has 5 heteroatoms. The zero-order chi connectivity index (χ0) is 20.6. The van der Waals surface area contributed by atoms with E-state index < -0.39 is 10.1 Å². The van der Waals surface area contributed by atoms with Crippen molar-refractivity contribution in [3.05, 3.63) is 30.3 Å². The molecule has 0 heterocycles. The molecule has 0 bridgehead atoms. The van der Waals surface area contributed by atoms with Crippen molar-refractivity contribution in [1.29, 1.82) is 0 Å². The Morgan fingerprint density at radius 2 is 1.15 bits per heavy atom. The summed E-state index contributed by atoms with van der Waals surface area (Å²) in [6.45, 7) is 11.7. The van der Waals surface area contributed by atoms with Crippen molar-refractivity contribution in [2.24, 2.45) is 0 Å². The lowest BCUT2D eigenvalue weighted by molar-refractivity contribution is 0.306. The maximum absolute atomic E-state index is 11.9. The first-order chi connectivity index (χ1) is 12.7. The molecule has 0 fully saturated rings. The van der Waals surface area contributed by atoms with E-state index in [1.54, 1.807) is 30.3 Å². The van der Waals surface area contributed by atoms with Gasteiger partial charge in [-0.25, -0.2) is 0 Å². The predicted octanol–water partition coefficient (Wildman–Crippen LogP) is 6.84. The van der Waals surface area contributed by atoms with Gasteiger partial charge in [-0.15, -0.1) is 0 Å². The Labute approximate surface area is 169 Å². The molecule has 1 aromatic carbocycles. The largest absolute Gasteiger partial charge is 0.296 e. The SMILES string of the molecule is CCCCCCCCCCCCOS(=O)(=O)c1ccccc1.C[P+](C)(C)C. The van der Waals surface area contributed by atoms with Crippen LogP contribution in [0.3, 0.4) is 0 Å². The lowest BCUT2D eigenvalue weighted by atomic mass is 10.1. The molecule has 158 valence electrons.